The van der Waals surface area contributed by atoms with Gasteiger partial charge in [0, 0.05) is 6.20 Å². The SMILES string of the molecule is C=C1N=C(N)C=CN1C1OC(COC(=O)Oc2cc(C)c3c(c2)CCC(C)(CC/C=C(\C)CC/C=C(\C)CCC=C(C)C)O3)C(O)C1(C)F. The number of carbonyl (C=O) groups excluding carboxylic acids is 1. The molecule has 0 amide bonds. The number of nitrogens with two attached hydrogens (primary N) is 1. The number of alkyl halides is 1. The van der Waals surface area contributed by atoms with Crippen molar-refractivity contribution in [3.63, 3.8) is 0 Å². The normalized spacial score (nSPS) is 27.0. The number of aliphatic hydroxyl groups excluding tert-OH is 1. The van der Waals surface area contributed by atoms with Gasteiger partial charge in [0.15, 0.2) is 11.9 Å². The van der Waals surface area contributed by atoms with Gasteiger partial charge in [-0.05, 0) is 129 Å². The summed E-state index contributed by atoms with van der Waals surface area (Å²) in [4.78, 5) is 18.0. The molecule has 1 aromatic rings. The van der Waals surface area contributed by atoms with Gasteiger partial charge in [0.05, 0.1) is 0 Å². The minimum Gasteiger partial charge on any atom is -0.487 e. The summed E-state index contributed by atoms with van der Waals surface area (Å²) < 4.78 is 38.6. The summed E-state index contributed by atoms with van der Waals surface area (Å²) in [5.74, 6) is 1.52. The lowest BCUT2D eigenvalue weighted by molar-refractivity contribution is -0.0792. The van der Waals surface area contributed by atoms with E-state index in [1.165, 1.54) is 40.8 Å². The second-order valence-corrected chi connectivity index (χ2v) is 14.2. The number of aryl methyl sites for hydroxylation is 2. The predicted molar refractivity (Wildman–Crippen MR) is 191 cm³/mol. The van der Waals surface area contributed by atoms with Crippen LogP contribution >= 0.6 is 0 Å². The quantitative estimate of drug-likeness (QED) is 0.122. The van der Waals surface area contributed by atoms with E-state index in [1.807, 2.05) is 6.92 Å². The van der Waals surface area contributed by atoms with E-state index in [-0.39, 0.29) is 17.3 Å². The van der Waals surface area contributed by atoms with Gasteiger partial charge in [0.2, 0.25) is 0 Å². The van der Waals surface area contributed by atoms with Crippen LogP contribution in [0, 0.1) is 6.92 Å². The van der Waals surface area contributed by atoms with Gasteiger partial charge >= 0.3 is 6.16 Å². The lowest BCUT2D eigenvalue weighted by Gasteiger charge is -2.36. The zero-order chi connectivity index (χ0) is 35.9. The Morgan fingerprint density at radius 2 is 1.82 bits per heavy atom. The molecule has 0 aromatic heterocycles. The number of hydrogen-bond donors (Lipinski definition) is 2. The summed E-state index contributed by atoms with van der Waals surface area (Å²) in [6, 6.07) is 3.53. The molecule has 1 saturated heterocycles. The number of fused-ring (bicyclic) bond motifs is 1. The highest BCUT2D eigenvalue weighted by atomic mass is 19.1. The molecule has 3 aliphatic rings. The lowest BCUT2D eigenvalue weighted by Crippen LogP contribution is -2.48. The average molecular weight is 680 g/mol. The summed E-state index contributed by atoms with van der Waals surface area (Å²) in [6.45, 7) is 17.4. The van der Waals surface area contributed by atoms with Crippen molar-refractivity contribution in [2.24, 2.45) is 10.7 Å². The molecule has 268 valence electrons. The highest BCUT2D eigenvalue weighted by molar-refractivity contribution is 5.92. The molecule has 3 N–H and O–H groups in total. The van der Waals surface area contributed by atoms with E-state index in [9.17, 15) is 9.90 Å². The molecule has 1 fully saturated rings. The molecular weight excluding hydrogens is 625 g/mol. The van der Waals surface area contributed by atoms with Crippen LogP contribution in [0.5, 0.6) is 11.5 Å². The lowest BCUT2D eigenvalue weighted by atomic mass is 9.87. The van der Waals surface area contributed by atoms with E-state index < -0.39 is 36.9 Å². The number of benzene rings is 1. The van der Waals surface area contributed by atoms with Crippen molar-refractivity contribution in [2.75, 3.05) is 6.61 Å². The van der Waals surface area contributed by atoms with Crippen LogP contribution in [0.4, 0.5) is 9.18 Å². The van der Waals surface area contributed by atoms with Crippen LogP contribution in [0.3, 0.4) is 0 Å². The van der Waals surface area contributed by atoms with Crippen LogP contribution in [0.25, 0.3) is 0 Å². The maximum Gasteiger partial charge on any atom is 0.513 e. The first-order valence-electron chi connectivity index (χ1n) is 17.2. The Morgan fingerprint density at radius 1 is 1.14 bits per heavy atom. The molecule has 0 spiro atoms. The minimum absolute atomic E-state index is 0.163. The van der Waals surface area contributed by atoms with Gasteiger partial charge in [0.25, 0.3) is 0 Å². The monoisotopic (exact) mass is 679 g/mol. The predicted octanol–water partition coefficient (Wildman–Crippen LogP) is 8.27. The van der Waals surface area contributed by atoms with Gasteiger partial charge in [-0.3, -0.25) is 0 Å². The van der Waals surface area contributed by atoms with Crippen LogP contribution in [0.15, 0.2) is 76.7 Å². The molecule has 0 bridgehead atoms. The second-order valence-electron chi connectivity index (χ2n) is 14.2. The number of carbonyl (C=O) groups is 1. The molecule has 3 heterocycles. The molecule has 3 aliphatic heterocycles. The first-order chi connectivity index (χ1) is 23.1. The van der Waals surface area contributed by atoms with E-state index in [0.29, 0.717) is 5.75 Å². The highest BCUT2D eigenvalue weighted by Gasteiger charge is 2.57. The molecule has 0 saturated carbocycles. The number of aliphatic imine (C=N–C) groups is 1. The summed E-state index contributed by atoms with van der Waals surface area (Å²) in [5.41, 5.74) is 9.21. The van der Waals surface area contributed by atoms with Crippen molar-refractivity contribution in [3.05, 3.63) is 82.9 Å². The van der Waals surface area contributed by atoms with E-state index in [0.717, 1.165) is 68.2 Å². The Hall–Kier alpha value is -3.89. The summed E-state index contributed by atoms with van der Waals surface area (Å²) in [6.07, 6.45) is 12.8. The maximum atomic E-state index is 15.6. The van der Waals surface area contributed by atoms with Crippen molar-refractivity contribution < 1.29 is 33.2 Å². The van der Waals surface area contributed by atoms with Crippen molar-refractivity contribution in [2.45, 2.75) is 130 Å². The number of hydrogen-bond acceptors (Lipinski definition) is 9. The first kappa shape index (κ1) is 37.9. The first-order valence-corrected chi connectivity index (χ1v) is 17.2. The standard InChI is InChI=1S/C39H54FN3O6/c1-25(2)12-9-13-26(3)14-10-15-27(4)16-11-19-38(7)20-17-30-23-31(22-28(5)34(30)49-38)47-37(45)46-24-32-35(44)39(8,40)36(48-32)43-21-18-33(41)42-29(43)6/h12,14,16,18,21-23,32,35-36,44H,6,9-11,13,15,17,19-20,24H2,1-5,7-8H3,(H2,41,42)/b26-14+,27-16+. The van der Waals surface area contributed by atoms with Gasteiger partial charge < -0.3 is 34.7 Å². The molecule has 10 heteroatoms. The third-order valence-electron chi connectivity index (χ3n) is 9.38. The zero-order valence-corrected chi connectivity index (χ0v) is 30.2. The Labute approximate surface area is 291 Å². The Kier molecular flexibility index (Phi) is 12.5. The molecule has 0 aliphatic carbocycles. The average Bonchev–Trinajstić information content (AvgIpc) is 3.23. The number of ether oxygens (including phenoxy) is 4. The molecule has 1 aromatic carbocycles. The van der Waals surface area contributed by atoms with E-state index >= 15 is 4.39 Å². The van der Waals surface area contributed by atoms with Gasteiger partial charge in [-0.1, -0.05) is 41.5 Å². The molecule has 49 heavy (non-hydrogen) atoms. The van der Waals surface area contributed by atoms with E-state index in [2.05, 4.69) is 64.4 Å². The Morgan fingerprint density at radius 3 is 2.49 bits per heavy atom. The number of nitrogens with zero attached hydrogens (tertiary/aromatic N) is 2. The summed E-state index contributed by atoms with van der Waals surface area (Å²) in [5, 5.41) is 10.6. The Bertz CT molecular complexity index is 1540. The molecule has 5 atom stereocenters. The van der Waals surface area contributed by atoms with Gasteiger partial charge in [-0.2, -0.15) is 0 Å². The number of halogens is 1. The van der Waals surface area contributed by atoms with Crippen LogP contribution in [-0.4, -0.2) is 58.3 Å². The zero-order valence-electron chi connectivity index (χ0n) is 30.2. The van der Waals surface area contributed by atoms with Gasteiger partial charge in [-0.15, -0.1) is 0 Å². The van der Waals surface area contributed by atoms with Crippen LogP contribution in [-0.2, 0) is 15.9 Å². The summed E-state index contributed by atoms with van der Waals surface area (Å²) in [7, 11) is 0. The number of rotatable bonds is 13. The maximum absolute atomic E-state index is 15.6. The smallest absolute Gasteiger partial charge is 0.487 e. The fourth-order valence-corrected chi connectivity index (χ4v) is 6.36. The van der Waals surface area contributed by atoms with Crippen molar-refractivity contribution >= 4 is 12.0 Å². The molecule has 0 radical (unpaired) electrons. The molecule has 9 nitrogen and oxygen atoms in total. The molecular formula is C39H54FN3O6. The fourth-order valence-electron chi connectivity index (χ4n) is 6.36. The fraction of sp³-hybridized carbons (Fsp3) is 0.538. The van der Waals surface area contributed by atoms with Crippen molar-refractivity contribution in [1.82, 2.24) is 4.90 Å². The largest absolute Gasteiger partial charge is 0.513 e. The van der Waals surface area contributed by atoms with E-state index in [4.69, 9.17) is 24.7 Å². The second kappa shape index (κ2) is 16.2. The number of allylic oxidation sites excluding steroid dienone is 6. The van der Waals surface area contributed by atoms with E-state index in [1.54, 1.807) is 12.1 Å². The van der Waals surface area contributed by atoms with Crippen LogP contribution in [0.2, 0.25) is 0 Å². The summed E-state index contributed by atoms with van der Waals surface area (Å²) >= 11 is 0. The van der Waals surface area contributed by atoms with Gasteiger partial charge in [-0.25, -0.2) is 14.2 Å². The molecule has 4 rings (SSSR count). The third kappa shape index (κ3) is 10.1. The van der Waals surface area contributed by atoms with Gasteiger partial charge in [0.1, 0.15) is 47.6 Å². The molecule has 5 unspecified atom stereocenters. The third-order valence-corrected chi connectivity index (χ3v) is 9.38. The topological polar surface area (TPSA) is 116 Å². The van der Waals surface area contributed by atoms with Crippen LogP contribution in [0.1, 0.15) is 97.6 Å². The highest BCUT2D eigenvalue weighted by Crippen LogP contribution is 2.41. The van der Waals surface area contributed by atoms with Crippen molar-refractivity contribution in [1.29, 1.82) is 0 Å². The number of aliphatic hydroxyl groups is 1. The van der Waals surface area contributed by atoms with Crippen molar-refractivity contribution in [3.8, 4) is 11.5 Å². The Balaban J connectivity index is 1.25. The number of amidine groups is 1. The minimum atomic E-state index is -2.21. The van der Waals surface area contributed by atoms with Crippen LogP contribution < -0.4 is 15.2 Å².